The Morgan fingerprint density at radius 1 is 1.06 bits per heavy atom. The third-order valence-electron chi connectivity index (χ3n) is 5.60. The van der Waals surface area contributed by atoms with Gasteiger partial charge in [-0.1, -0.05) is 35.3 Å². The lowest BCUT2D eigenvalue weighted by molar-refractivity contribution is -0.130. The van der Waals surface area contributed by atoms with Gasteiger partial charge < -0.3 is 9.64 Å². The van der Waals surface area contributed by atoms with Crippen molar-refractivity contribution in [3.63, 3.8) is 0 Å². The molecule has 0 radical (unpaired) electrons. The van der Waals surface area contributed by atoms with Crippen LogP contribution in [0.2, 0.25) is 10.0 Å². The number of amides is 2. The fourth-order valence-electron chi connectivity index (χ4n) is 3.82. The van der Waals surface area contributed by atoms with Crippen molar-refractivity contribution in [1.29, 1.82) is 0 Å². The van der Waals surface area contributed by atoms with Crippen molar-refractivity contribution < 1.29 is 14.3 Å². The summed E-state index contributed by atoms with van der Waals surface area (Å²) in [7, 11) is 3.33. The van der Waals surface area contributed by atoms with Crippen LogP contribution in [0.1, 0.15) is 17.5 Å². The molecule has 2 heterocycles. The van der Waals surface area contributed by atoms with E-state index in [0.29, 0.717) is 35.2 Å². The summed E-state index contributed by atoms with van der Waals surface area (Å²) in [6.07, 6.45) is 2.57. The van der Waals surface area contributed by atoms with Crippen molar-refractivity contribution in [2.75, 3.05) is 25.6 Å². The molecule has 3 aromatic rings. The van der Waals surface area contributed by atoms with E-state index in [1.165, 1.54) is 4.90 Å². The first kappa shape index (κ1) is 23.1. The van der Waals surface area contributed by atoms with Gasteiger partial charge in [0.05, 0.1) is 7.11 Å². The van der Waals surface area contributed by atoms with Crippen LogP contribution < -0.4 is 9.64 Å². The second-order valence-electron chi connectivity index (χ2n) is 7.94. The Morgan fingerprint density at radius 3 is 2.42 bits per heavy atom. The third kappa shape index (κ3) is 5.29. The van der Waals surface area contributed by atoms with Crippen molar-refractivity contribution in [2.45, 2.75) is 19.4 Å². The number of rotatable bonds is 6. The lowest BCUT2D eigenvalue weighted by atomic mass is 10.00. The zero-order valence-electron chi connectivity index (χ0n) is 18.3. The van der Waals surface area contributed by atoms with Crippen LogP contribution in [0, 0.1) is 0 Å². The van der Waals surface area contributed by atoms with Crippen LogP contribution >= 0.6 is 23.2 Å². The molecule has 0 aliphatic carbocycles. The maximum absolute atomic E-state index is 12.9. The van der Waals surface area contributed by atoms with Gasteiger partial charge in [0, 0.05) is 41.8 Å². The van der Waals surface area contributed by atoms with E-state index in [0.717, 1.165) is 28.0 Å². The van der Waals surface area contributed by atoms with Gasteiger partial charge in [-0.05, 0) is 59.5 Å². The first-order valence-electron chi connectivity index (χ1n) is 10.5. The van der Waals surface area contributed by atoms with Gasteiger partial charge in [-0.3, -0.25) is 14.5 Å². The zero-order valence-corrected chi connectivity index (χ0v) is 19.9. The highest BCUT2D eigenvalue weighted by molar-refractivity contribution is 6.35. The minimum Gasteiger partial charge on any atom is -0.497 e. The summed E-state index contributed by atoms with van der Waals surface area (Å²) in [5.74, 6) is 1.00. The van der Waals surface area contributed by atoms with E-state index in [9.17, 15) is 9.59 Å². The van der Waals surface area contributed by atoms with Gasteiger partial charge in [0.1, 0.15) is 18.1 Å². The second kappa shape index (κ2) is 9.81. The number of aromatic nitrogens is 1. The Hall–Kier alpha value is -3.09. The van der Waals surface area contributed by atoms with Crippen LogP contribution in [0.25, 0.3) is 11.1 Å². The Bertz CT molecular complexity index is 1180. The molecule has 6 nitrogen and oxygen atoms in total. The fourth-order valence-corrected chi connectivity index (χ4v) is 4.34. The molecule has 0 fully saturated rings. The molecule has 4 rings (SSSR count). The highest BCUT2D eigenvalue weighted by atomic mass is 35.5. The lowest BCUT2D eigenvalue weighted by Crippen LogP contribution is -2.44. The molecule has 170 valence electrons. The highest BCUT2D eigenvalue weighted by Gasteiger charge is 2.28. The quantitative estimate of drug-likeness (QED) is 0.494. The summed E-state index contributed by atoms with van der Waals surface area (Å²) in [4.78, 5) is 33.2. The number of methoxy groups -OCH3 is 1. The van der Waals surface area contributed by atoms with Gasteiger partial charge in [0.15, 0.2) is 0 Å². The fraction of sp³-hybridized carbons (Fsp3) is 0.240. The minimum atomic E-state index is -0.167. The van der Waals surface area contributed by atoms with Crippen LogP contribution in [0.15, 0.2) is 54.7 Å². The van der Waals surface area contributed by atoms with Crippen LogP contribution in [0.3, 0.4) is 0 Å². The topological polar surface area (TPSA) is 62.7 Å². The number of carbonyl (C=O) groups excluding carboxylic acids is 2. The average Bonchev–Trinajstić information content (AvgIpc) is 2.80. The van der Waals surface area contributed by atoms with E-state index in [1.807, 2.05) is 42.5 Å². The molecule has 0 saturated heterocycles. The molecule has 0 N–H and O–H groups in total. The minimum absolute atomic E-state index is 0.0617. The molecule has 0 saturated carbocycles. The van der Waals surface area contributed by atoms with Gasteiger partial charge in [-0.2, -0.15) is 0 Å². The van der Waals surface area contributed by atoms with Crippen LogP contribution in [-0.4, -0.2) is 42.4 Å². The Balaban J connectivity index is 1.51. The van der Waals surface area contributed by atoms with Crippen LogP contribution in [-0.2, 0) is 22.6 Å². The molecule has 2 aromatic carbocycles. The SMILES string of the molecule is COc1ccc(CN(C)C(=O)CN2C(=O)CCc3cc(-c4cc(Cl)cc(Cl)c4)cnc32)cc1. The third-order valence-corrected chi connectivity index (χ3v) is 6.04. The number of benzene rings is 2. The smallest absolute Gasteiger partial charge is 0.242 e. The zero-order chi connectivity index (χ0) is 23.5. The molecule has 0 atom stereocenters. The summed E-state index contributed by atoms with van der Waals surface area (Å²) < 4.78 is 5.17. The molecule has 1 aliphatic rings. The monoisotopic (exact) mass is 483 g/mol. The number of hydrogen-bond donors (Lipinski definition) is 0. The molecule has 1 aliphatic heterocycles. The summed E-state index contributed by atoms with van der Waals surface area (Å²) in [5.41, 5.74) is 3.59. The molecule has 1 aromatic heterocycles. The van der Waals surface area contributed by atoms with Crippen LogP contribution in [0.4, 0.5) is 5.82 Å². The summed E-state index contributed by atoms with van der Waals surface area (Å²) in [6, 6.07) is 14.8. The molecular formula is C25H23Cl2N3O3. The van der Waals surface area contributed by atoms with E-state index in [1.54, 1.807) is 31.3 Å². The predicted molar refractivity (Wildman–Crippen MR) is 130 cm³/mol. The normalized spacial score (nSPS) is 13.0. The lowest BCUT2D eigenvalue weighted by Gasteiger charge is -2.29. The Labute approximate surface area is 202 Å². The van der Waals surface area contributed by atoms with E-state index < -0.39 is 0 Å². The number of pyridine rings is 1. The average molecular weight is 484 g/mol. The first-order valence-corrected chi connectivity index (χ1v) is 11.2. The van der Waals surface area contributed by atoms with Gasteiger partial charge in [0.25, 0.3) is 0 Å². The Morgan fingerprint density at radius 2 is 1.76 bits per heavy atom. The number of halogens is 2. The van der Waals surface area contributed by atoms with E-state index in [-0.39, 0.29) is 18.4 Å². The van der Waals surface area contributed by atoms with E-state index in [2.05, 4.69) is 4.98 Å². The van der Waals surface area contributed by atoms with Crippen molar-refractivity contribution in [1.82, 2.24) is 9.88 Å². The molecule has 2 amide bonds. The van der Waals surface area contributed by atoms with Crippen molar-refractivity contribution in [2.24, 2.45) is 0 Å². The maximum atomic E-state index is 12.9. The van der Waals surface area contributed by atoms with Gasteiger partial charge in [0.2, 0.25) is 11.8 Å². The summed E-state index contributed by atoms with van der Waals surface area (Å²) >= 11 is 12.3. The largest absolute Gasteiger partial charge is 0.497 e. The van der Waals surface area contributed by atoms with Crippen molar-refractivity contribution in [3.8, 4) is 16.9 Å². The molecule has 33 heavy (non-hydrogen) atoms. The van der Waals surface area contributed by atoms with Crippen LogP contribution in [0.5, 0.6) is 5.75 Å². The number of aryl methyl sites for hydroxylation is 1. The number of anilines is 1. The molecule has 8 heteroatoms. The second-order valence-corrected chi connectivity index (χ2v) is 8.82. The number of likely N-dealkylation sites (N-methyl/N-ethyl adjacent to an activating group) is 1. The Kier molecular flexibility index (Phi) is 6.86. The number of fused-ring (bicyclic) bond motifs is 1. The van der Waals surface area contributed by atoms with Gasteiger partial charge in [-0.15, -0.1) is 0 Å². The van der Waals surface area contributed by atoms with E-state index in [4.69, 9.17) is 27.9 Å². The van der Waals surface area contributed by atoms with Crippen molar-refractivity contribution in [3.05, 3.63) is 75.9 Å². The molecular weight excluding hydrogens is 461 g/mol. The predicted octanol–water partition coefficient (Wildman–Crippen LogP) is 5.00. The number of carbonyl (C=O) groups is 2. The van der Waals surface area contributed by atoms with Gasteiger partial charge >= 0.3 is 0 Å². The van der Waals surface area contributed by atoms with Crippen molar-refractivity contribution >= 4 is 40.8 Å². The van der Waals surface area contributed by atoms with Gasteiger partial charge in [-0.25, -0.2) is 4.98 Å². The summed E-state index contributed by atoms with van der Waals surface area (Å²) in [6.45, 7) is 0.368. The number of hydrogen-bond acceptors (Lipinski definition) is 4. The highest BCUT2D eigenvalue weighted by Crippen LogP contribution is 2.32. The number of nitrogens with zero attached hydrogens (tertiary/aromatic N) is 3. The van der Waals surface area contributed by atoms with E-state index >= 15 is 0 Å². The standard InChI is InChI=1S/C25H23Cl2N3O3/c1-29(14-16-3-6-22(33-2)7-4-16)24(32)15-30-23(31)8-5-17-9-19(13-28-25(17)30)18-10-20(26)12-21(27)11-18/h3-4,6-7,9-13H,5,8,14-15H2,1-2H3. The number of ether oxygens (including phenoxy) is 1. The first-order chi connectivity index (χ1) is 15.8. The maximum Gasteiger partial charge on any atom is 0.242 e. The molecule has 0 bridgehead atoms. The molecule has 0 unspecified atom stereocenters. The summed E-state index contributed by atoms with van der Waals surface area (Å²) in [5, 5.41) is 1.08. The molecule has 0 spiro atoms.